The Labute approximate surface area is 319 Å². The van der Waals surface area contributed by atoms with Gasteiger partial charge in [-0.3, -0.25) is 0 Å². The molecular weight excluding hydrogens is 669 g/mol. The number of furan rings is 1. The molecule has 55 heavy (non-hydrogen) atoms. The van der Waals surface area contributed by atoms with E-state index >= 15 is 0 Å². The van der Waals surface area contributed by atoms with Crippen molar-refractivity contribution in [3.05, 3.63) is 206 Å². The van der Waals surface area contributed by atoms with Crippen molar-refractivity contribution < 1.29 is 4.42 Å². The van der Waals surface area contributed by atoms with E-state index < -0.39 is 0 Å². The Bertz CT molecular complexity index is 2970. The maximum atomic E-state index is 6.37. The van der Waals surface area contributed by atoms with Crippen LogP contribution >= 0.6 is 0 Å². The number of hydrogen-bond acceptors (Lipinski definition) is 3. The van der Waals surface area contributed by atoms with Crippen molar-refractivity contribution in [1.29, 1.82) is 0 Å². The normalized spacial score (nSPS) is 11.3. The topological polar surface area (TPSA) is 38.9 Å². The second-order valence-corrected chi connectivity index (χ2v) is 13.8. The number of fused-ring (bicyclic) bond motifs is 3. The molecule has 0 radical (unpaired) electrons. The monoisotopic (exact) mass is 702 g/mol. The second-order valence-electron chi connectivity index (χ2n) is 13.8. The highest BCUT2D eigenvalue weighted by Gasteiger charge is 2.17. The average molecular weight is 703 g/mol. The fourth-order valence-corrected chi connectivity index (χ4v) is 7.56. The molecule has 0 atom stereocenters. The van der Waals surface area contributed by atoms with Crippen LogP contribution in [0.25, 0.3) is 100 Å². The van der Waals surface area contributed by atoms with Gasteiger partial charge in [0.15, 0.2) is 5.82 Å². The molecule has 258 valence electrons. The van der Waals surface area contributed by atoms with Crippen LogP contribution in [0.3, 0.4) is 0 Å². The van der Waals surface area contributed by atoms with Gasteiger partial charge in [-0.2, -0.15) is 0 Å². The molecule has 0 saturated carbocycles. The zero-order valence-electron chi connectivity index (χ0n) is 29.9. The van der Waals surface area contributed by atoms with E-state index in [9.17, 15) is 0 Å². The summed E-state index contributed by atoms with van der Waals surface area (Å²) in [6, 6.07) is 72.3. The van der Waals surface area contributed by atoms with Crippen molar-refractivity contribution in [2.75, 3.05) is 0 Å². The van der Waals surface area contributed by atoms with E-state index in [1.165, 1.54) is 11.1 Å². The van der Waals surface area contributed by atoms with Crippen LogP contribution in [0.5, 0.6) is 0 Å². The fourth-order valence-electron chi connectivity index (χ4n) is 7.56. The Balaban J connectivity index is 1.19. The largest absolute Gasteiger partial charge is 0.456 e. The Hall–Kier alpha value is -7.36. The molecule has 0 amide bonds. The molecule has 10 rings (SSSR count). The third-order valence-electron chi connectivity index (χ3n) is 10.3. The number of para-hydroxylation sites is 1. The van der Waals surface area contributed by atoms with Gasteiger partial charge in [-0.15, -0.1) is 0 Å². The second kappa shape index (κ2) is 13.9. The minimum Gasteiger partial charge on any atom is -0.456 e. The van der Waals surface area contributed by atoms with Crippen LogP contribution in [0, 0.1) is 0 Å². The lowest BCUT2D eigenvalue weighted by Gasteiger charge is -2.15. The fraction of sp³-hybridized carbons (Fsp3) is 0. The van der Waals surface area contributed by atoms with E-state index in [-0.39, 0.29) is 0 Å². The summed E-state index contributed by atoms with van der Waals surface area (Å²) in [6.07, 6.45) is 0. The molecule has 0 aliphatic heterocycles. The lowest BCUT2D eigenvalue weighted by Crippen LogP contribution is -1.97. The number of nitrogens with zero attached hydrogens (tertiary/aromatic N) is 2. The van der Waals surface area contributed by atoms with Gasteiger partial charge >= 0.3 is 0 Å². The van der Waals surface area contributed by atoms with Gasteiger partial charge in [-0.25, -0.2) is 9.97 Å². The summed E-state index contributed by atoms with van der Waals surface area (Å²) in [4.78, 5) is 10.5. The predicted molar refractivity (Wildman–Crippen MR) is 227 cm³/mol. The Morgan fingerprint density at radius 2 is 0.782 bits per heavy atom. The molecule has 3 nitrogen and oxygen atoms in total. The minimum atomic E-state index is 0.679. The molecule has 0 aliphatic carbocycles. The van der Waals surface area contributed by atoms with Gasteiger partial charge in [0.2, 0.25) is 0 Å². The predicted octanol–water partition coefficient (Wildman–Crippen LogP) is 14.0. The van der Waals surface area contributed by atoms with Crippen LogP contribution < -0.4 is 0 Å². The smallest absolute Gasteiger partial charge is 0.160 e. The maximum absolute atomic E-state index is 6.37. The van der Waals surface area contributed by atoms with Crippen molar-refractivity contribution in [1.82, 2.24) is 9.97 Å². The molecule has 0 spiro atoms. The summed E-state index contributed by atoms with van der Waals surface area (Å²) >= 11 is 0. The summed E-state index contributed by atoms with van der Waals surface area (Å²) in [5, 5.41) is 2.23. The first-order chi connectivity index (χ1) is 27.2. The van der Waals surface area contributed by atoms with E-state index in [0.29, 0.717) is 5.82 Å². The summed E-state index contributed by atoms with van der Waals surface area (Å²) in [5.74, 6) is 0.679. The minimum absolute atomic E-state index is 0.679. The molecule has 8 aromatic carbocycles. The van der Waals surface area contributed by atoms with Crippen molar-refractivity contribution in [3.8, 4) is 78.4 Å². The van der Waals surface area contributed by atoms with E-state index in [1.54, 1.807) is 0 Å². The van der Waals surface area contributed by atoms with E-state index in [2.05, 4.69) is 170 Å². The molecule has 0 fully saturated rings. The molecule has 2 aromatic heterocycles. The van der Waals surface area contributed by atoms with Gasteiger partial charge in [0.05, 0.1) is 11.4 Å². The van der Waals surface area contributed by atoms with Gasteiger partial charge in [-0.05, 0) is 93.0 Å². The van der Waals surface area contributed by atoms with Gasteiger partial charge in [0.1, 0.15) is 11.2 Å². The van der Waals surface area contributed by atoms with Crippen LogP contribution in [0.1, 0.15) is 0 Å². The Morgan fingerprint density at radius 3 is 1.55 bits per heavy atom. The number of benzene rings is 8. The van der Waals surface area contributed by atoms with Crippen LogP contribution in [0.15, 0.2) is 211 Å². The summed E-state index contributed by atoms with van der Waals surface area (Å²) < 4.78 is 6.37. The first-order valence-corrected chi connectivity index (χ1v) is 18.6. The van der Waals surface area contributed by atoms with E-state index in [4.69, 9.17) is 14.4 Å². The SMILES string of the molecule is c1ccc(-c2cccc(-c3cc(-c4cc(-c5ccc6c(c5)oc5ccccc56)cc(-c5ccccc5-c5ccccc5)c4)nc(-c4ccccc4)n3)c2)cc1. The summed E-state index contributed by atoms with van der Waals surface area (Å²) in [7, 11) is 0. The summed E-state index contributed by atoms with van der Waals surface area (Å²) in [6.45, 7) is 0. The lowest BCUT2D eigenvalue weighted by molar-refractivity contribution is 0.669. The quantitative estimate of drug-likeness (QED) is 0.166. The van der Waals surface area contributed by atoms with Crippen LogP contribution in [0.2, 0.25) is 0 Å². The molecule has 3 heteroatoms. The van der Waals surface area contributed by atoms with Crippen LogP contribution in [-0.2, 0) is 0 Å². The van der Waals surface area contributed by atoms with Gasteiger partial charge in [0, 0.05) is 27.5 Å². The van der Waals surface area contributed by atoms with Gasteiger partial charge in [-0.1, -0.05) is 158 Å². The number of hydrogen-bond donors (Lipinski definition) is 0. The standard InChI is InChI=1S/C52H34N2O/c1-4-15-35(16-5-1)38-21-14-22-40(29-38)48-34-49(54-52(53-48)37-19-8-3-9-20-37)43-31-41(39-27-28-47-46-25-12-13-26-50(46)55-51(47)33-39)30-42(32-43)45-24-11-10-23-44(45)36-17-6-2-7-18-36/h1-34H. The highest BCUT2D eigenvalue weighted by atomic mass is 16.3. The molecule has 0 bridgehead atoms. The first-order valence-electron chi connectivity index (χ1n) is 18.6. The highest BCUT2D eigenvalue weighted by molar-refractivity contribution is 6.06. The number of aromatic nitrogens is 2. The first kappa shape index (κ1) is 32.3. The van der Waals surface area contributed by atoms with Crippen molar-refractivity contribution in [2.24, 2.45) is 0 Å². The van der Waals surface area contributed by atoms with Crippen LogP contribution in [-0.4, -0.2) is 9.97 Å². The molecular formula is C52H34N2O. The molecule has 0 saturated heterocycles. The molecule has 10 aromatic rings. The molecule has 0 unspecified atom stereocenters. The zero-order valence-corrected chi connectivity index (χ0v) is 29.9. The Kier molecular flexibility index (Phi) is 8.16. The van der Waals surface area contributed by atoms with Gasteiger partial charge < -0.3 is 4.42 Å². The van der Waals surface area contributed by atoms with Crippen molar-refractivity contribution in [2.45, 2.75) is 0 Å². The van der Waals surface area contributed by atoms with Crippen LogP contribution in [0.4, 0.5) is 0 Å². The van der Waals surface area contributed by atoms with Gasteiger partial charge in [0.25, 0.3) is 0 Å². The Morgan fingerprint density at radius 1 is 0.273 bits per heavy atom. The highest BCUT2D eigenvalue weighted by Crippen LogP contribution is 2.40. The van der Waals surface area contributed by atoms with Crippen molar-refractivity contribution >= 4 is 21.9 Å². The molecule has 0 N–H and O–H groups in total. The summed E-state index contributed by atoms with van der Waals surface area (Å²) in [5.41, 5.74) is 15.5. The van der Waals surface area contributed by atoms with E-state index in [1.807, 2.05) is 36.4 Å². The number of rotatable bonds is 7. The lowest BCUT2D eigenvalue weighted by atomic mass is 9.90. The van der Waals surface area contributed by atoms with E-state index in [0.717, 1.165) is 83.4 Å². The zero-order chi connectivity index (χ0) is 36.6. The molecule has 2 heterocycles. The maximum Gasteiger partial charge on any atom is 0.160 e. The molecule has 0 aliphatic rings. The van der Waals surface area contributed by atoms with Crippen molar-refractivity contribution in [3.63, 3.8) is 0 Å². The third-order valence-corrected chi connectivity index (χ3v) is 10.3. The average Bonchev–Trinajstić information content (AvgIpc) is 3.65. The third kappa shape index (κ3) is 6.28.